The molecule has 0 aliphatic heterocycles. The van der Waals surface area contributed by atoms with E-state index in [4.69, 9.17) is 4.74 Å². The van der Waals surface area contributed by atoms with E-state index < -0.39 is 0 Å². The Bertz CT molecular complexity index is 813. The molecule has 128 valence electrons. The second-order valence-electron chi connectivity index (χ2n) is 5.78. The molecule has 5 nitrogen and oxygen atoms in total. The number of amides is 1. The Morgan fingerprint density at radius 3 is 2.48 bits per heavy atom. The number of nitrogens with zero attached hydrogens (tertiary/aromatic N) is 2. The van der Waals surface area contributed by atoms with Gasteiger partial charge >= 0.3 is 0 Å². The number of hydrogen-bond donors (Lipinski definition) is 1. The van der Waals surface area contributed by atoms with Crippen LogP contribution in [-0.4, -0.2) is 28.9 Å². The molecule has 5 heteroatoms. The van der Waals surface area contributed by atoms with Gasteiger partial charge in [-0.05, 0) is 31.0 Å². The van der Waals surface area contributed by atoms with Crippen molar-refractivity contribution in [3.8, 4) is 5.69 Å². The predicted molar refractivity (Wildman–Crippen MR) is 97.9 cm³/mol. The monoisotopic (exact) mass is 335 g/mol. The molecule has 0 aliphatic carbocycles. The average molecular weight is 335 g/mol. The van der Waals surface area contributed by atoms with Crippen molar-refractivity contribution in [3.63, 3.8) is 0 Å². The number of benzene rings is 2. The van der Waals surface area contributed by atoms with Crippen LogP contribution >= 0.6 is 0 Å². The van der Waals surface area contributed by atoms with Crippen LogP contribution in [0.15, 0.2) is 66.9 Å². The van der Waals surface area contributed by atoms with E-state index in [1.165, 1.54) is 5.56 Å². The molecule has 3 rings (SSSR count). The Hall–Kier alpha value is -2.92. The molecule has 0 saturated carbocycles. The fourth-order valence-corrected chi connectivity index (χ4v) is 2.46. The molecule has 1 aromatic heterocycles. The third-order valence-corrected chi connectivity index (χ3v) is 3.79. The van der Waals surface area contributed by atoms with Crippen LogP contribution in [0.25, 0.3) is 5.69 Å². The molecular formula is C20H21N3O2. The smallest absolute Gasteiger partial charge is 0.251 e. The van der Waals surface area contributed by atoms with Gasteiger partial charge in [0.15, 0.2) is 5.82 Å². The van der Waals surface area contributed by atoms with Gasteiger partial charge in [-0.2, -0.15) is 0 Å². The molecule has 0 saturated heterocycles. The molecule has 0 fully saturated rings. The van der Waals surface area contributed by atoms with Crippen LogP contribution < -0.4 is 5.32 Å². The van der Waals surface area contributed by atoms with E-state index in [1.54, 1.807) is 4.68 Å². The first kappa shape index (κ1) is 16.9. The van der Waals surface area contributed by atoms with Crippen molar-refractivity contribution in [1.29, 1.82) is 0 Å². The van der Waals surface area contributed by atoms with Gasteiger partial charge in [0, 0.05) is 11.8 Å². The maximum absolute atomic E-state index is 12.0. The topological polar surface area (TPSA) is 56.2 Å². The highest BCUT2D eigenvalue weighted by molar-refractivity contribution is 5.91. The standard InChI is InChI=1S/C20H21N3O2/c1-16-14-23(18-10-6-3-7-11-18)22-20(16)21-19(24)15-25-13-12-17-8-4-2-5-9-17/h2-11,14H,12-13,15H2,1H3,(H,21,22,24). The summed E-state index contributed by atoms with van der Waals surface area (Å²) in [6.45, 7) is 2.44. The van der Waals surface area contributed by atoms with E-state index in [0.29, 0.717) is 12.4 Å². The third-order valence-electron chi connectivity index (χ3n) is 3.79. The largest absolute Gasteiger partial charge is 0.371 e. The Balaban J connectivity index is 1.49. The third kappa shape index (κ3) is 4.78. The number of aryl methyl sites for hydroxylation is 1. The molecule has 0 spiro atoms. The van der Waals surface area contributed by atoms with E-state index in [0.717, 1.165) is 17.7 Å². The summed E-state index contributed by atoms with van der Waals surface area (Å²) in [7, 11) is 0. The van der Waals surface area contributed by atoms with E-state index in [2.05, 4.69) is 10.4 Å². The van der Waals surface area contributed by atoms with Crippen molar-refractivity contribution in [2.24, 2.45) is 0 Å². The van der Waals surface area contributed by atoms with Crippen LogP contribution in [0.4, 0.5) is 5.82 Å². The van der Waals surface area contributed by atoms with E-state index in [9.17, 15) is 4.79 Å². The van der Waals surface area contributed by atoms with Crippen LogP contribution in [0.5, 0.6) is 0 Å². The molecule has 25 heavy (non-hydrogen) atoms. The summed E-state index contributed by atoms with van der Waals surface area (Å²) in [5, 5.41) is 7.23. The van der Waals surface area contributed by atoms with Crippen molar-refractivity contribution < 1.29 is 9.53 Å². The first-order valence-corrected chi connectivity index (χ1v) is 8.25. The van der Waals surface area contributed by atoms with E-state index in [-0.39, 0.29) is 12.5 Å². The summed E-state index contributed by atoms with van der Waals surface area (Å²) in [6.07, 6.45) is 2.68. The second kappa shape index (κ2) is 8.26. The number of para-hydroxylation sites is 1. The van der Waals surface area contributed by atoms with Crippen LogP contribution in [-0.2, 0) is 16.0 Å². The lowest BCUT2D eigenvalue weighted by atomic mass is 10.2. The van der Waals surface area contributed by atoms with Crippen LogP contribution in [0, 0.1) is 6.92 Å². The molecule has 3 aromatic rings. The number of carbonyl (C=O) groups is 1. The zero-order valence-electron chi connectivity index (χ0n) is 14.2. The van der Waals surface area contributed by atoms with Crippen LogP contribution in [0.2, 0.25) is 0 Å². The first-order valence-electron chi connectivity index (χ1n) is 8.25. The molecule has 0 radical (unpaired) electrons. The van der Waals surface area contributed by atoms with Crippen molar-refractivity contribution >= 4 is 11.7 Å². The van der Waals surface area contributed by atoms with Crippen molar-refractivity contribution in [1.82, 2.24) is 9.78 Å². The summed E-state index contributed by atoms with van der Waals surface area (Å²) in [5.41, 5.74) is 3.05. The lowest BCUT2D eigenvalue weighted by Crippen LogP contribution is -2.20. The van der Waals surface area contributed by atoms with E-state index in [1.807, 2.05) is 73.8 Å². The summed E-state index contributed by atoms with van der Waals surface area (Å²) in [4.78, 5) is 12.0. The highest BCUT2D eigenvalue weighted by Crippen LogP contribution is 2.15. The van der Waals surface area contributed by atoms with Gasteiger partial charge in [-0.3, -0.25) is 4.79 Å². The molecule has 0 atom stereocenters. The van der Waals surface area contributed by atoms with Gasteiger partial charge in [-0.1, -0.05) is 48.5 Å². The van der Waals surface area contributed by atoms with Gasteiger partial charge in [-0.15, -0.1) is 5.10 Å². The fraction of sp³-hybridized carbons (Fsp3) is 0.200. The lowest BCUT2D eigenvalue weighted by molar-refractivity contribution is -0.120. The van der Waals surface area contributed by atoms with Crippen LogP contribution in [0.1, 0.15) is 11.1 Å². The molecule has 1 heterocycles. The second-order valence-corrected chi connectivity index (χ2v) is 5.78. The Morgan fingerprint density at radius 2 is 1.76 bits per heavy atom. The van der Waals surface area contributed by atoms with Crippen molar-refractivity contribution in [2.75, 3.05) is 18.5 Å². The highest BCUT2D eigenvalue weighted by Gasteiger charge is 2.10. The number of ether oxygens (including phenoxy) is 1. The summed E-state index contributed by atoms with van der Waals surface area (Å²) >= 11 is 0. The van der Waals surface area contributed by atoms with Gasteiger partial charge < -0.3 is 10.1 Å². The van der Waals surface area contributed by atoms with E-state index >= 15 is 0 Å². The normalized spacial score (nSPS) is 10.6. The van der Waals surface area contributed by atoms with Crippen molar-refractivity contribution in [2.45, 2.75) is 13.3 Å². The molecular weight excluding hydrogens is 314 g/mol. The minimum Gasteiger partial charge on any atom is -0.371 e. The number of nitrogens with one attached hydrogen (secondary N) is 1. The first-order chi connectivity index (χ1) is 12.2. The number of carbonyl (C=O) groups excluding carboxylic acids is 1. The minimum atomic E-state index is -0.200. The number of hydrogen-bond acceptors (Lipinski definition) is 3. The average Bonchev–Trinajstić information content (AvgIpc) is 3.01. The number of rotatable bonds is 7. The van der Waals surface area contributed by atoms with Crippen molar-refractivity contribution in [3.05, 3.63) is 78.0 Å². The SMILES string of the molecule is Cc1cn(-c2ccccc2)nc1NC(=O)COCCc1ccccc1. The highest BCUT2D eigenvalue weighted by atomic mass is 16.5. The summed E-state index contributed by atoms with van der Waals surface area (Å²) < 4.78 is 7.21. The fourth-order valence-electron chi connectivity index (χ4n) is 2.46. The Morgan fingerprint density at radius 1 is 1.08 bits per heavy atom. The predicted octanol–water partition coefficient (Wildman–Crippen LogP) is 3.38. The number of anilines is 1. The molecule has 0 unspecified atom stereocenters. The maximum atomic E-state index is 12.0. The molecule has 0 bridgehead atoms. The molecule has 2 aromatic carbocycles. The number of aromatic nitrogens is 2. The molecule has 1 N–H and O–H groups in total. The Kier molecular flexibility index (Phi) is 5.59. The van der Waals surface area contributed by atoms with Gasteiger partial charge in [-0.25, -0.2) is 4.68 Å². The Labute approximate surface area is 147 Å². The molecule has 1 amide bonds. The maximum Gasteiger partial charge on any atom is 0.251 e. The zero-order chi connectivity index (χ0) is 17.5. The summed E-state index contributed by atoms with van der Waals surface area (Å²) in [6, 6.07) is 19.8. The van der Waals surface area contributed by atoms with Crippen LogP contribution in [0.3, 0.4) is 0 Å². The summed E-state index contributed by atoms with van der Waals surface area (Å²) in [5.74, 6) is 0.356. The quantitative estimate of drug-likeness (QED) is 0.674. The minimum absolute atomic E-state index is 0.0183. The lowest BCUT2D eigenvalue weighted by Gasteiger charge is -2.05. The van der Waals surface area contributed by atoms with Gasteiger partial charge in [0.25, 0.3) is 5.91 Å². The van der Waals surface area contributed by atoms with Gasteiger partial charge in [0.05, 0.1) is 12.3 Å². The van der Waals surface area contributed by atoms with Gasteiger partial charge in [0.1, 0.15) is 6.61 Å². The molecule has 0 aliphatic rings. The zero-order valence-corrected chi connectivity index (χ0v) is 14.2. The van der Waals surface area contributed by atoms with Gasteiger partial charge in [0.2, 0.25) is 0 Å².